The largest absolute Gasteiger partial charge is 0.391 e. The van der Waals surface area contributed by atoms with Crippen LogP contribution in [0.4, 0.5) is 13.2 Å². The molecule has 13 heteroatoms. The van der Waals surface area contributed by atoms with Gasteiger partial charge in [-0.15, -0.1) is 0 Å². The maximum absolute atomic E-state index is 13.3. The van der Waals surface area contributed by atoms with Crippen molar-refractivity contribution in [1.29, 1.82) is 0 Å². The van der Waals surface area contributed by atoms with E-state index in [4.69, 9.17) is 15.8 Å². The molecule has 1 aromatic heterocycles. The molecule has 1 fully saturated rings. The van der Waals surface area contributed by atoms with E-state index in [2.05, 4.69) is 10.4 Å². The Morgan fingerprint density at radius 2 is 1.82 bits per heavy atom. The monoisotopic (exact) mass is 599 g/mol. The second-order valence-corrected chi connectivity index (χ2v) is 12.0. The molecule has 1 heterocycles. The van der Waals surface area contributed by atoms with E-state index in [0.717, 1.165) is 18.4 Å². The van der Waals surface area contributed by atoms with Crippen LogP contribution in [0.25, 0.3) is 16.9 Å². The number of rotatable bonds is 8. The molecule has 0 unspecified atom stereocenters. The number of hydrogen-bond donors (Lipinski definition) is 2. The Morgan fingerprint density at radius 3 is 2.45 bits per heavy atom. The van der Waals surface area contributed by atoms with Crippen molar-refractivity contribution in [3.8, 4) is 22.7 Å². The summed E-state index contributed by atoms with van der Waals surface area (Å²) in [7, 11) is -4.46. The van der Waals surface area contributed by atoms with Gasteiger partial charge in [-0.1, -0.05) is 24.4 Å². The molecule has 1 aliphatic carbocycles. The van der Waals surface area contributed by atoms with E-state index < -0.39 is 40.5 Å². The summed E-state index contributed by atoms with van der Waals surface area (Å²) in [5.74, 6) is -1.79. The summed E-state index contributed by atoms with van der Waals surface area (Å²) < 4.78 is 67.9. The molecule has 0 spiro atoms. The normalized spacial score (nSPS) is 18.0. The minimum Gasteiger partial charge on any atom is -0.391 e. The number of carbonyl (C=O) groups is 1. The van der Waals surface area contributed by atoms with Crippen molar-refractivity contribution in [2.75, 3.05) is 5.75 Å². The fourth-order valence-electron chi connectivity index (χ4n) is 4.70. The van der Waals surface area contributed by atoms with E-state index in [1.807, 2.05) is 6.92 Å². The smallest absolute Gasteiger partial charge is 0.390 e. The van der Waals surface area contributed by atoms with Crippen LogP contribution in [0, 0.1) is 13.8 Å². The molecule has 2 atom stereocenters. The Bertz CT molecular complexity index is 1490. The lowest BCUT2D eigenvalue weighted by Gasteiger charge is -2.28. The molecule has 0 saturated heterocycles. The van der Waals surface area contributed by atoms with Gasteiger partial charge in [-0.3, -0.25) is 4.79 Å². The highest BCUT2D eigenvalue weighted by Crippen LogP contribution is 2.32. The van der Waals surface area contributed by atoms with E-state index in [0.29, 0.717) is 40.4 Å². The molecule has 0 bridgehead atoms. The lowest BCUT2D eigenvalue weighted by molar-refractivity contribution is -0.130. The fourth-order valence-corrected chi connectivity index (χ4v) is 5.89. The van der Waals surface area contributed by atoms with Gasteiger partial charge in [0, 0.05) is 16.1 Å². The molecule has 0 radical (unpaired) electrons. The third kappa shape index (κ3) is 7.15. The first-order valence-corrected chi connectivity index (χ1v) is 14.6. The van der Waals surface area contributed by atoms with Gasteiger partial charge in [-0.25, -0.2) is 4.68 Å². The zero-order valence-electron chi connectivity index (χ0n) is 21.8. The lowest BCUT2D eigenvalue weighted by atomic mass is 9.92. The topological polar surface area (TPSA) is 111 Å². The molecule has 2 N–H and O–H groups in total. The molecule has 40 heavy (non-hydrogen) atoms. The summed E-state index contributed by atoms with van der Waals surface area (Å²) in [5, 5.41) is 18.4. The summed E-state index contributed by atoms with van der Waals surface area (Å²) in [6.07, 6.45) is -3.74. The van der Waals surface area contributed by atoms with Crippen LogP contribution in [-0.4, -0.2) is 53.3 Å². The first-order chi connectivity index (χ1) is 18.7. The van der Waals surface area contributed by atoms with Gasteiger partial charge in [-0.2, -0.15) is 26.7 Å². The summed E-state index contributed by atoms with van der Waals surface area (Å²) in [5.41, 5.74) is 3.19. The third-order valence-corrected chi connectivity index (χ3v) is 8.14. The molecule has 2 aromatic carbocycles. The number of halogens is 4. The lowest BCUT2D eigenvalue weighted by Crippen LogP contribution is -2.45. The minimum atomic E-state index is -4.63. The van der Waals surface area contributed by atoms with E-state index in [-0.39, 0.29) is 17.5 Å². The van der Waals surface area contributed by atoms with Crippen LogP contribution in [0.5, 0.6) is 5.75 Å². The van der Waals surface area contributed by atoms with Gasteiger partial charge in [0.2, 0.25) is 0 Å². The molecular formula is C27H29ClF3N3O5S. The molecule has 1 saturated carbocycles. The maximum atomic E-state index is 13.3. The number of aliphatic hydroxyl groups is 1. The molecule has 0 aliphatic heterocycles. The van der Waals surface area contributed by atoms with Crippen molar-refractivity contribution in [2.24, 2.45) is 0 Å². The van der Waals surface area contributed by atoms with Crippen LogP contribution >= 0.6 is 11.6 Å². The van der Waals surface area contributed by atoms with Crippen molar-refractivity contribution in [2.45, 2.75) is 64.3 Å². The van der Waals surface area contributed by atoms with Crippen LogP contribution in [0.15, 0.2) is 42.5 Å². The molecule has 1 aliphatic rings. The van der Waals surface area contributed by atoms with E-state index in [1.54, 1.807) is 29.8 Å². The molecular weight excluding hydrogens is 571 g/mol. The van der Waals surface area contributed by atoms with Crippen LogP contribution in [0.1, 0.15) is 53.7 Å². The number of aromatic nitrogens is 2. The number of alkyl halides is 3. The van der Waals surface area contributed by atoms with Crippen LogP contribution in [0.3, 0.4) is 0 Å². The molecule has 216 valence electrons. The van der Waals surface area contributed by atoms with Gasteiger partial charge in [0.15, 0.2) is 5.69 Å². The van der Waals surface area contributed by atoms with Gasteiger partial charge in [0.1, 0.15) is 5.75 Å². The standard InChI is InChI=1S/C27H29ClF3N3O5S/c1-16-15-19(28)9-12-22(16)34-25(17(2)24(33-34)26(36)32-21-5-3-4-6-23(21)35)18-7-10-20(11-8-18)39-40(37,38)14-13-27(29,30)31/h7-12,15,21,23,35H,3-6,13-14H2,1-2H3,(H,32,36)/t21-,23+/m0/s1. The number of hydrogen-bond acceptors (Lipinski definition) is 6. The predicted octanol–water partition coefficient (Wildman–Crippen LogP) is 5.50. The molecule has 8 nitrogen and oxygen atoms in total. The van der Waals surface area contributed by atoms with Crippen LogP contribution in [-0.2, 0) is 10.1 Å². The second-order valence-electron chi connectivity index (χ2n) is 9.83. The average Bonchev–Trinajstić information content (AvgIpc) is 3.21. The summed E-state index contributed by atoms with van der Waals surface area (Å²) >= 11 is 6.14. The zero-order valence-corrected chi connectivity index (χ0v) is 23.4. The zero-order chi connectivity index (χ0) is 29.2. The average molecular weight is 600 g/mol. The number of aliphatic hydroxyl groups excluding tert-OH is 1. The van der Waals surface area contributed by atoms with Crippen LogP contribution < -0.4 is 9.50 Å². The Balaban J connectivity index is 1.69. The summed E-state index contributed by atoms with van der Waals surface area (Å²) in [6.45, 7) is 3.56. The Morgan fingerprint density at radius 1 is 1.15 bits per heavy atom. The number of benzene rings is 2. The predicted molar refractivity (Wildman–Crippen MR) is 144 cm³/mol. The Kier molecular flexibility index (Phi) is 8.81. The number of carbonyl (C=O) groups excluding carboxylic acids is 1. The molecule has 3 aromatic rings. The van der Waals surface area contributed by atoms with E-state index in [9.17, 15) is 31.5 Å². The number of nitrogens with zero attached hydrogens (tertiary/aromatic N) is 2. The van der Waals surface area contributed by atoms with E-state index >= 15 is 0 Å². The third-order valence-electron chi connectivity index (χ3n) is 6.76. The van der Waals surface area contributed by atoms with Crippen molar-refractivity contribution in [3.05, 3.63) is 64.3 Å². The molecule has 4 rings (SSSR count). The van der Waals surface area contributed by atoms with Gasteiger partial charge in [0.05, 0.1) is 35.7 Å². The highest BCUT2D eigenvalue weighted by Gasteiger charge is 2.31. The van der Waals surface area contributed by atoms with Gasteiger partial charge >= 0.3 is 16.3 Å². The first kappa shape index (κ1) is 29.9. The summed E-state index contributed by atoms with van der Waals surface area (Å²) in [6, 6.07) is 10.5. The van der Waals surface area contributed by atoms with Crippen molar-refractivity contribution >= 4 is 27.6 Å². The number of amides is 1. The highest BCUT2D eigenvalue weighted by molar-refractivity contribution is 7.87. The maximum Gasteiger partial charge on any atom is 0.390 e. The Labute approximate surface area is 235 Å². The quantitative estimate of drug-likeness (QED) is 0.331. The van der Waals surface area contributed by atoms with Gasteiger partial charge in [0.25, 0.3) is 5.91 Å². The van der Waals surface area contributed by atoms with Crippen molar-refractivity contribution in [1.82, 2.24) is 15.1 Å². The van der Waals surface area contributed by atoms with Gasteiger partial charge < -0.3 is 14.6 Å². The Hall–Kier alpha value is -3.09. The summed E-state index contributed by atoms with van der Waals surface area (Å²) in [4.78, 5) is 13.3. The highest BCUT2D eigenvalue weighted by atomic mass is 35.5. The van der Waals surface area contributed by atoms with E-state index in [1.165, 1.54) is 24.3 Å². The van der Waals surface area contributed by atoms with Crippen LogP contribution in [0.2, 0.25) is 5.02 Å². The number of nitrogens with one attached hydrogen (secondary N) is 1. The first-order valence-electron chi connectivity index (χ1n) is 12.7. The van der Waals surface area contributed by atoms with Gasteiger partial charge in [-0.05, 0) is 74.7 Å². The minimum absolute atomic E-state index is 0.150. The SMILES string of the molecule is Cc1cc(Cl)ccc1-n1nc(C(=O)N[C@H]2CCCC[C@H]2O)c(C)c1-c1ccc(OS(=O)(=O)CCC(F)(F)F)cc1. The van der Waals surface area contributed by atoms with Crippen molar-refractivity contribution in [3.63, 3.8) is 0 Å². The number of aryl methyl sites for hydroxylation is 1. The van der Waals surface area contributed by atoms with Crippen molar-refractivity contribution < 1.29 is 35.7 Å². The molecule has 1 amide bonds. The fraction of sp³-hybridized carbons (Fsp3) is 0.407. The second kappa shape index (κ2) is 11.8.